The third-order valence-electron chi connectivity index (χ3n) is 5.38. The average molecular weight is 479 g/mol. The summed E-state index contributed by atoms with van der Waals surface area (Å²) in [7, 11) is -1.53. The Morgan fingerprint density at radius 3 is 2.47 bits per heavy atom. The molecular formula is C25H26N3O5P. The van der Waals surface area contributed by atoms with Crippen LogP contribution in [0.1, 0.15) is 26.5 Å². The number of hydrogen-bond donors (Lipinski definition) is 0. The van der Waals surface area contributed by atoms with Crippen LogP contribution in [0.5, 0.6) is 11.5 Å². The lowest BCUT2D eigenvalue weighted by molar-refractivity contribution is -0.384. The van der Waals surface area contributed by atoms with Crippen LogP contribution in [0, 0.1) is 17.0 Å². The van der Waals surface area contributed by atoms with Gasteiger partial charge in [0, 0.05) is 28.9 Å². The minimum atomic E-state index is -3.03. The predicted molar refractivity (Wildman–Crippen MR) is 134 cm³/mol. The number of benzene rings is 2. The molecule has 0 radical (unpaired) electrons. The van der Waals surface area contributed by atoms with Crippen LogP contribution >= 0.6 is 7.28 Å². The molecule has 34 heavy (non-hydrogen) atoms. The van der Waals surface area contributed by atoms with Crippen LogP contribution in [0.3, 0.4) is 0 Å². The van der Waals surface area contributed by atoms with Gasteiger partial charge >= 0.3 is 0 Å². The molecule has 9 heteroatoms. The number of nitrogens with zero attached hydrogens (tertiary/aromatic N) is 3. The molecule has 176 valence electrons. The zero-order valence-corrected chi connectivity index (χ0v) is 20.6. The summed E-state index contributed by atoms with van der Waals surface area (Å²) in [6.07, 6.45) is 1.71. The minimum Gasteiger partial charge on any atom is -0.494 e. The summed E-state index contributed by atoms with van der Waals surface area (Å²) in [4.78, 5) is 15.6. The van der Waals surface area contributed by atoms with Gasteiger partial charge in [0.1, 0.15) is 22.7 Å². The molecule has 0 aliphatic carbocycles. The van der Waals surface area contributed by atoms with Crippen LogP contribution < -0.4 is 14.8 Å². The van der Waals surface area contributed by atoms with Gasteiger partial charge in [0.05, 0.1) is 12.0 Å². The van der Waals surface area contributed by atoms with Crippen LogP contribution in [-0.4, -0.2) is 22.2 Å². The van der Waals surface area contributed by atoms with Gasteiger partial charge in [-0.3, -0.25) is 15.1 Å². The van der Waals surface area contributed by atoms with Gasteiger partial charge in [0.25, 0.3) is 5.69 Å². The number of nitro groups is 1. The van der Waals surface area contributed by atoms with Gasteiger partial charge in [-0.05, 0) is 37.3 Å². The number of methoxy groups -OCH3 is 1. The van der Waals surface area contributed by atoms with E-state index in [0.29, 0.717) is 34.0 Å². The molecule has 2 heterocycles. The first kappa shape index (κ1) is 23.5. The van der Waals surface area contributed by atoms with Crippen molar-refractivity contribution in [3.63, 3.8) is 0 Å². The molecule has 2 aromatic heterocycles. The molecule has 0 spiro atoms. The molecule has 0 fully saturated rings. The zero-order chi connectivity index (χ0) is 24.5. The number of fused-ring (bicyclic) bond motifs is 1. The lowest BCUT2D eigenvalue weighted by Gasteiger charge is -2.35. The molecule has 0 saturated heterocycles. The molecule has 0 bridgehead atoms. The Morgan fingerprint density at radius 1 is 1.06 bits per heavy atom. The number of rotatable bonds is 6. The van der Waals surface area contributed by atoms with E-state index in [1.807, 2.05) is 70.2 Å². The van der Waals surface area contributed by atoms with Crippen molar-refractivity contribution in [2.45, 2.75) is 32.9 Å². The van der Waals surface area contributed by atoms with E-state index in [9.17, 15) is 10.1 Å². The molecular weight excluding hydrogens is 453 g/mol. The number of pyridine rings is 1. The first-order valence-corrected chi connectivity index (χ1v) is 12.4. The summed E-state index contributed by atoms with van der Waals surface area (Å²) in [6.45, 7) is 7.91. The van der Waals surface area contributed by atoms with Crippen LogP contribution in [0.15, 0.2) is 76.0 Å². The molecule has 2 aromatic carbocycles. The van der Waals surface area contributed by atoms with E-state index in [1.165, 1.54) is 19.2 Å². The normalized spacial score (nSPS) is 13.3. The number of hydrogen-bond acceptors (Lipinski definition) is 7. The first-order chi connectivity index (χ1) is 16.1. The second kappa shape index (κ2) is 8.95. The molecule has 1 atom stereocenters. The maximum Gasteiger partial charge on any atom is 0.271 e. The van der Waals surface area contributed by atoms with E-state index in [4.69, 9.17) is 18.4 Å². The van der Waals surface area contributed by atoms with Crippen molar-refractivity contribution in [3.05, 3.63) is 82.7 Å². The molecule has 1 unspecified atom stereocenters. The number of non-ortho nitro benzene ring substituents is 1. The van der Waals surface area contributed by atoms with E-state index in [2.05, 4.69) is 4.98 Å². The van der Waals surface area contributed by atoms with Gasteiger partial charge in [-0.25, -0.2) is 4.74 Å². The van der Waals surface area contributed by atoms with Crippen molar-refractivity contribution in [2.75, 3.05) is 7.11 Å². The van der Waals surface area contributed by atoms with Crippen molar-refractivity contribution in [2.24, 2.45) is 4.74 Å². The van der Waals surface area contributed by atoms with Crippen molar-refractivity contribution in [1.29, 1.82) is 0 Å². The summed E-state index contributed by atoms with van der Waals surface area (Å²) in [5.74, 6) is 1.68. The fourth-order valence-corrected chi connectivity index (χ4v) is 6.53. The Bertz CT molecular complexity index is 1420. The fourth-order valence-electron chi connectivity index (χ4n) is 3.63. The van der Waals surface area contributed by atoms with Crippen LogP contribution in [0.25, 0.3) is 10.9 Å². The summed E-state index contributed by atoms with van der Waals surface area (Å²) < 4.78 is 23.6. The lowest BCUT2D eigenvalue weighted by atomic mass is 10.2. The van der Waals surface area contributed by atoms with E-state index in [0.717, 1.165) is 5.39 Å². The molecule has 4 rings (SSSR count). The van der Waals surface area contributed by atoms with Gasteiger partial charge in [-0.2, -0.15) is 0 Å². The second-order valence-corrected chi connectivity index (χ2v) is 12.1. The highest BCUT2D eigenvalue weighted by atomic mass is 31.2. The number of furan rings is 1. The number of nitro benzene ring substituents is 1. The standard InChI is InChI=1S/C25H26N3O5P/c1-17-11-14-23(32-17)34(25(2,3)4,27-20-16-19(28(29)30)12-13-21(20)31-5)33-22-10-6-8-18-9-7-15-26-24(18)22/h6-16H,1-5H3. The van der Waals surface area contributed by atoms with Crippen molar-refractivity contribution < 1.29 is 18.6 Å². The van der Waals surface area contributed by atoms with Crippen LogP contribution in [0.4, 0.5) is 11.4 Å². The predicted octanol–water partition coefficient (Wildman–Crippen LogP) is 7.00. The topological polar surface area (TPSA) is 100.0 Å². The van der Waals surface area contributed by atoms with Gasteiger partial charge in [-0.1, -0.05) is 39.0 Å². The Morgan fingerprint density at radius 2 is 1.82 bits per heavy atom. The van der Waals surface area contributed by atoms with E-state index in [1.54, 1.807) is 12.3 Å². The fraction of sp³-hybridized carbons (Fsp3) is 0.240. The molecule has 0 N–H and O–H groups in total. The molecule has 0 aliphatic heterocycles. The van der Waals surface area contributed by atoms with Crippen LogP contribution in [0.2, 0.25) is 0 Å². The van der Waals surface area contributed by atoms with Gasteiger partial charge < -0.3 is 13.7 Å². The minimum absolute atomic E-state index is 0.0889. The highest BCUT2D eigenvalue weighted by Crippen LogP contribution is 2.63. The second-order valence-electron chi connectivity index (χ2n) is 8.77. The molecule has 4 aromatic rings. The van der Waals surface area contributed by atoms with Crippen molar-refractivity contribution >= 4 is 35.1 Å². The smallest absolute Gasteiger partial charge is 0.271 e. The van der Waals surface area contributed by atoms with E-state index >= 15 is 0 Å². The molecule has 0 amide bonds. The van der Waals surface area contributed by atoms with Crippen molar-refractivity contribution in [3.8, 4) is 11.5 Å². The number of para-hydroxylation sites is 1. The maximum atomic E-state index is 11.5. The molecule has 8 nitrogen and oxygen atoms in total. The van der Waals surface area contributed by atoms with Crippen LogP contribution in [-0.2, 0) is 0 Å². The average Bonchev–Trinajstić information content (AvgIpc) is 3.24. The summed E-state index contributed by atoms with van der Waals surface area (Å²) in [6, 6.07) is 17.6. The van der Waals surface area contributed by atoms with E-state index in [-0.39, 0.29) is 5.69 Å². The summed E-state index contributed by atoms with van der Waals surface area (Å²) >= 11 is 0. The highest BCUT2D eigenvalue weighted by Gasteiger charge is 2.42. The Hall–Kier alpha value is -3.64. The summed E-state index contributed by atoms with van der Waals surface area (Å²) in [5.41, 5.74) is 1.50. The van der Waals surface area contributed by atoms with Gasteiger partial charge in [0.15, 0.2) is 11.3 Å². The quantitative estimate of drug-likeness (QED) is 0.168. The maximum absolute atomic E-state index is 11.5. The van der Waals surface area contributed by atoms with Gasteiger partial charge in [0.2, 0.25) is 7.28 Å². The lowest BCUT2D eigenvalue weighted by Crippen LogP contribution is -2.26. The van der Waals surface area contributed by atoms with Crippen molar-refractivity contribution in [1.82, 2.24) is 4.98 Å². The van der Waals surface area contributed by atoms with Gasteiger partial charge in [-0.15, -0.1) is 0 Å². The van der Waals surface area contributed by atoms with E-state index < -0.39 is 17.4 Å². The largest absolute Gasteiger partial charge is 0.494 e. The highest BCUT2D eigenvalue weighted by molar-refractivity contribution is 7.70. The molecule has 0 aliphatic rings. The number of aryl methyl sites for hydroxylation is 1. The third kappa shape index (κ3) is 4.29. The molecule has 0 saturated carbocycles. The zero-order valence-electron chi connectivity index (χ0n) is 19.7. The third-order valence-corrected chi connectivity index (χ3v) is 9.00. The Labute approximate surface area is 197 Å². The summed E-state index contributed by atoms with van der Waals surface area (Å²) in [5, 5.41) is 11.9. The Balaban J connectivity index is 2.07. The first-order valence-electron chi connectivity index (χ1n) is 10.7. The number of aromatic nitrogens is 1. The SMILES string of the molecule is COc1ccc([N+](=O)[O-])cc1N=P(Oc1cccc2cccnc12)(c1ccc(C)o1)C(C)(C)C. The number of ether oxygens (including phenoxy) is 1. The monoisotopic (exact) mass is 479 g/mol. The Kier molecular flexibility index (Phi) is 6.19.